The molecule has 1 heterocycles. The minimum absolute atomic E-state index is 0.169. The highest BCUT2D eigenvalue weighted by atomic mass is 16.5. The lowest BCUT2D eigenvalue weighted by molar-refractivity contribution is 0.0953. The number of benzene rings is 1. The van der Waals surface area contributed by atoms with Gasteiger partial charge in [-0.25, -0.2) is 0 Å². The van der Waals surface area contributed by atoms with Crippen molar-refractivity contribution in [3.05, 3.63) is 66.5 Å². The third-order valence-corrected chi connectivity index (χ3v) is 3.10. The highest BCUT2D eigenvalue weighted by Crippen LogP contribution is 2.24. The molecule has 0 saturated heterocycles. The molecule has 2 N–H and O–H groups in total. The van der Waals surface area contributed by atoms with Crippen LogP contribution in [-0.2, 0) is 0 Å². The minimum Gasteiger partial charge on any atom is -0.492 e. The fourth-order valence-corrected chi connectivity index (χ4v) is 2.00. The van der Waals surface area contributed by atoms with Crippen LogP contribution in [0.4, 0.5) is 5.69 Å². The number of carbonyl (C=O) groups is 2. The molecule has 0 radical (unpaired) electrons. The van der Waals surface area contributed by atoms with Gasteiger partial charge in [0, 0.05) is 18.3 Å². The number of amides is 2. The van der Waals surface area contributed by atoms with Gasteiger partial charge in [-0.2, -0.15) is 0 Å². The van der Waals surface area contributed by atoms with Gasteiger partial charge < -0.3 is 15.4 Å². The second-order valence-electron chi connectivity index (χ2n) is 4.81. The van der Waals surface area contributed by atoms with Gasteiger partial charge in [-0.05, 0) is 31.2 Å². The van der Waals surface area contributed by atoms with Crippen molar-refractivity contribution in [2.75, 3.05) is 18.5 Å². The summed E-state index contributed by atoms with van der Waals surface area (Å²) >= 11 is 0. The molecule has 0 saturated carbocycles. The van der Waals surface area contributed by atoms with E-state index in [2.05, 4.69) is 22.2 Å². The molecule has 24 heavy (non-hydrogen) atoms. The fourth-order valence-electron chi connectivity index (χ4n) is 2.00. The molecular weight excluding hydrogens is 306 g/mol. The lowest BCUT2D eigenvalue weighted by atomic mass is 10.2. The van der Waals surface area contributed by atoms with E-state index in [1.54, 1.807) is 30.3 Å². The molecule has 2 rings (SSSR count). The second-order valence-corrected chi connectivity index (χ2v) is 4.81. The minimum atomic E-state index is -0.362. The van der Waals surface area contributed by atoms with Gasteiger partial charge in [0.1, 0.15) is 11.4 Å². The van der Waals surface area contributed by atoms with Gasteiger partial charge in [-0.1, -0.05) is 18.2 Å². The first-order valence-corrected chi connectivity index (χ1v) is 7.54. The van der Waals surface area contributed by atoms with E-state index in [0.29, 0.717) is 30.2 Å². The number of ether oxygens (including phenoxy) is 1. The van der Waals surface area contributed by atoms with E-state index in [1.807, 2.05) is 13.0 Å². The molecule has 0 fully saturated rings. The van der Waals surface area contributed by atoms with Crippen molar-refractivity contribution in [1.82, 2.24) is 10.3 Å². The van der Waals surface area contributed by atoms with Crippen LogP contribution in [0.15, 0.2) is 55.3 Å². The first-order chi connectivity index (χ1) is 11.7. The average molecular weight is 325 g/mol. The Labute approximate surface area is 140 Å². The Morgan fingerprint density at radius 1 is 1.25 bits per heavy atom. The summed E-state index contributed by atoms with van der Waals surface area (Å²) in [4.78, 5) is 28.3. The normalized spacial score (nSPS) is 9.88. The van der Waals surface area contributed by atoms with Crippen molar-refractivity contribution in [2.24, 2.45) is 0 Å². The van der Waals surface area contributed by atoms with Crippen molar-refractivity contribution in [3.8, 4) is 5.75 Å². The molecule has 0 atom stereocenters. The molecular formula is C18H19N3O3. The molecule has 0 aliphatic rings. The van der Waals surface area contributed by atoms with E-state index in [-0.39, 0.29) is 17.5 Å². The molecule has 0 aliphatic heterocycles. The zero-order valence-corrected chi connectivity index (χ0v) is 13.4. The molecule has 0 unspecified atom stereocenters. The standard InChI is InChI=1S/C18H19N3O3/c1-3-10-20-18(23)15-12-13(9-11-19-15)17(22)21-14-7-5-6-8-16(14)24-4-2/h3,5-9,11-12H,1,4,10H2,2H3,(H,20,23)(H,21,22). The van der Waals surface area contributed by atoms with Gasteiger partial charge in [0.2, 0.25) is 0 Å². The summed E-state index contributed by atoms with van der Waals surface area (Å²) in [6.45, 7) is 6.23. The first kappa shape index (κ1) is 17.2. The van der Waals surface area contributed by atoms with Gasteiger partial charge in [-0.3, -0.25) is 14.6 Å². The molecule has 124 valence electrons. The van der Waals surface area contributed by atoms with Crippen molar-refractivity contribution >= 4 is 17.5 Å². The van der Waals surface area contributed by atoms with Crippen LogP contribution in [0.1, 0.15) is 27.8 Å². The number of carbonyl (C=O) groups excluding carboxylic acids is 2. The van der Waals surface area contributed by atoms with E-state index in [0.717, 1.165) is 0 Å². The van der Waals surface area contributed by atoms with E-state index in [4.69, 9.17) is 4.74 Å². The van der Waals surface area contributed by atoms with E-state index in [1.165, 1.54) is 12.3 Å². The first-order valence-electron chi connectivity index (χ1n) is 7.54. The molecule has 6 nitrogen and oxygen atoms in total. The molecule has 0 aliphatic carbocycles. The van der Waals surface area contributed by atoms with Gasteiger partial charge in [0.05, 0.1) is 12.3 Å². The van der Waals surface area contributed by atoms with Crippen molar-refractivity contribution in [2.45, 2.75) is 6.92 Å². The lowest BCUT2D eigenvalue weighted by Gasteiger charge is -2.11. The second kappa shape index (κ2) is 8.47. The topological polar surface area (TPSA) is 80.3 Å². The van der Waals surface area contributed by atoms with Crippen LogP contribution < -0.4 is 15.4 Å². The van der Waals surface area contributed by atoms with Crippen molar-refractivity contribution in [1.29, 1.82) is 0 Å². The van der Waals surface area contributed by atoms with Crippen molar-refractivity contribution < 1.29 is 14.3 Å². The fraction of sp³-hybridized carbons (Fsp3) is 0.167. The van der Waals surface area contributed by atoms with Gasteiger partial charge in [0.15, 0.2) is 0 Å². The Hall–Kier alpha value is -3.15. The summed E-state index contributed by atoms with van der Waals surface area (Å²) in [6.07, 6.45) is 2.99. The van der Waals surface area contributed by atoms with Gasteiger partial charge >= 0.3 is 0 Å². The molecule has 0 bridgehead atoms. The summed E-state index contributed by atoms with van der Waals surface area (Å²) in [6, 6.07) is 10.1. The van der Waals surface area contributed by atoms with E-state index < -0.39 is 0 Å². The Morgan fingerprint density at radius 3 is 2.79 bits per heavy atom. The van der Waals surface area contributed by atoms with Crippen LogP contribution >= 0.6 is 0 Å². The number of anilines is 1. The van der Waals surface area contributed by atoms with Crippen LogP contribution in [0, 0.1) is 0 Å². The molecule has 1 aromatic carbocycles. The summed E-state index contributed by atoms with van der Waals surface area (Å²) in [5.74, 6) is -0.118. The van der Waals surface area contributed by atoms with E-state index in [9.17, 15) is 9.59 Å². The highest BCUT2D eigenvalue weighted by Gasteiger charge is 2.13. The number of aromatic nitrogens is 1. The zero-order valence-electron chi connectivity index (χ0n) is 13.4. The van der Waals surface area contributed by atoms with Crippen LogP contribution in [0.3, 0.4) is 0 Å². The Balaban J connectivity index is 2.16. The van der Waals surface area contributed by atoms with E-state index >= 15 is 0 Å². The third-order valence-electron chi connectivity index (χ3n) is 3.10. The Bertz CT molecular complexity index is 744. The van der Waals surface area contributed by atoms with Gasteiger partial charge in [-0.15, -0.1) is 6.58 Å². The maximum absolute atomic E-state index is 12.4. The summed E-state index contributed by atoms with van der Waals surface area (Å²) in [5.41, 5.74) is 1.07. The Kier molecular flexibility index (Phi) is 6.08. The zero-order chi connectivity index (χ0) is 17.4. The maximum Gasteiger partial charge on any atom is 0.270 e. The number of hydrogen-bond donors (Lipinski definition) is 2. The number of nitrogens with one attached hydrogen (secondary N) is 2. The number of nitrogens with zero attached hydrogens (tertiary/aromatic N) is 1. The summed E-state index contributed by atoms with van der Waals surface area (Å²) in [7, 11) is 0. The summed E-state index contributed by atoms with van der Waals surface area (Å²) in [5, 5.41) is 5.40. The van der Waals surface area contributed by atoms with Crippen molar-refractivity contribution in [3.63, 3.8) is 0 Å². The highest BCUT2D eigenvalue weighted by molar-refractivity contribution is 6.06. The predicted octanol–water partition coefficient (Wildman–Crippen LogP) is 2.65. The number of pyridine rings is 1. The molecule has 0 spiro atoms. The third kappa shape index (κ3) is 4.42. The maximum atomic E-state index is 12.4. The van der Waals surface area contributed by atoms with Crippen LogP contribution in [0.2, 0.25) is 0 Å². The molecule has 2 amide bonds. The SMILES string of the molecule is C=CCNC(=O)c1cc(C(=O)Nc2ccccc2OCC)ccn1. The Morgan fingerprint density at radius 2 is 2.04 bits per heavy atom. The van der Waals surface area contributed by atoms with Crippen LogP contribution in [-0.4, -0.2) is 29.9 Å². The molecule has 1 aromatic heterocycles. The van der Waals surface area contributed by atoms with Crippen LogP contribution in [0.25, 0.3) is 0 Å². The number of hydrogen-bond acceptors (Lipinski definition) is 4. The van der Waals surface area contributed by atoms with Gasteiger partial charge in [0.25, 0.3) is 11.8 Å². The predicted molar refractivity (Wildman–Crippen MR) is 92.3 cm³/mol. The number of rotatable bonds is 7. The molecule has 2 aromatic rings. The van der Waals surface area contributed by atoms with Crippen LogP contribution in [0.5, 0.6) is 5.75 Å². The monoisotopic (exact) mass is 325 g/mol. The summed E-state index contributed by atoms with van der Waals surface area (Å²) < 4.78 is 5.48. The average Bonchev–Trinajstić information content (AvgIpc) is 2.61. The quantitative estimate of drug-likeness (QED) is 0.767. The molecule has 6 heteroatoms. The largest absolute Gasteiger partial charge is 0.492 e. The smallest absolute Gasteiger partial charge is 0.270 e. The number of para-hydroxylation sites is 2. The lowest BCUT2D eigenvalue weighted by Crippen LogP contribution is -2.24.